The Labute approximate surface area is 125 Å². The van der Waals surface area contributed by atoms with Crippen LogP contribution in [0.2, 0.25) is 0 Å². The molecule has 112 valence electrons. The molecule has 5 nitrogen and oxygen atoms in total. The van der Waals surface area contributed by atoms with Crippen LogP contribution in [0.25, 0.3) is 0 Å². The Morgan fingerprint density at radius 1 is 1.19 bits per heavy atom. The largest absolute Gasteiger partial charge is 0.389 e. The molecule has 1 aromatic heterocycles. The van der Waals surface area contributed by atoms with E-state index in [2.05, 4.69) is 39.2 Å². The number of nitrogens with zero attached hydrogens (tertiary/aromatic N) is 4. The lowest BCUT2D eigenvalue weighted by atomic mass is 9.87. The summed E-state index contributed by atoms with van der Waals surface area (Å²) in [5.41, 5.74) is 0.571. The zero-order valence-corrected chi connectivity index (χ0v) is 12.4. The quantitative estimate of drug-likeness (QED) is 0.932. The van der Waals surface area contributed by atoms with Gasteiger partial charge in [0.15, 0.2) is 0 Å². The maximum Gasteiger partial charge on any atom is 0.138 e. The summed E-state index contributed by atoms with van der Waals surface area (Å²) >= 11 is 0. The maximum atomic E-state index is 10.8. The SMILES string of the molecule is CCn1ncnc1CC1(O)CCN(c2ccccc2)CC1. The Kier molecular flexibility index (Phi) is 3.92. The van der Waals surface area contributed by atoms with E-state index in [1.807, 2.05) is 17.7 Å². The van der Waals surface area contributed by atoms with Crippen LogP contribution in [-0.4, -0.2) is 38.6 Å². The predicted octanol–water partition coefficient (Wildman–Crippen LogP) is 1.87. The van der Waals surface area contributed by atoms with Gasteiger partial charge in [-0.15, -0.1) is 0 Å². The van der Waals surface area contributed by atoms with Crippen molar-refractivity contribution in [1.82, 2.24) is 14.8 Å². The number of para-hydroxylation sites is 1. The fourth-order valence-corrected chi connectivity index (χ4v) is 2.98. The minimum absolute atomic E-state index is 0.587. The van der Waals surface area contributed by atoms with Crippen LogP contribution in [0, 0.1) is 0 Å². The van der Waals surface area contributed by atoms with Gasteiger partial charge in [-0.05, 0) is 31.9 Å². The zero-order chi connectivity index (χ0) is 14.7. The molecule has 0 amide bonds. The molecular formula is C16H22N4O. The molecule has 1 N–H and O–H groups in total. The van der Waals surface area contributed by atoms with Crippen LogP contribution in [0.5, 0.6) is 0 Å². The van der Waals surface area contributed by atoms with Gasteiger partial charge in [-0.25, -0.2) is 4.98 Å². The van der Waals surface area contributed by atoms with Crippen molar-refractivity contribution in [3.8, 4) is 0 Å². The van der Waals surface area contributed by atoms with Gasteiger partial charge in [-0.3, -0.25) is 4.68 Å². The van der Waals surface area contributed by atoms with Gasteiger partial charge in [0.25, 0.3) is 0 Å². The Balaban J connectivity index is 1.64. The Hall–Kier alpha value is -1.88. The number of aryl methyl sites for hydroxylation is 1. The lowest BCUT2D eigenvalue weighted by molar-refractivity contribution is 0.0138. The first-order valence-corrected chi connectivity index (χ1v) is 7.59. The molecule has 1 saturated heterocycles. The number of benzene rings is 1. The van der Waals surface area contributed by atoms with Gasteiger partial charge >= 0.3 is 0 Å². The van der Waals surface area contributed by atoms with Gasteiger partial charge in [-0.1, -0.05) is 18.2 Å². The van der Waals surface area contributed by atoms with E-state index < -0.39 is 5.60 Å². The van der Waals surface area contributed by atoms with E-state index in [1.54, 1.807) is 6.33 Å². The van der Waals surface area contributed by atoms with Crippen LogP contribution in [0.15, 0.2) is 36.7 Å². The second kappa shape index (κ2) is 5.85. The summed E-state index contributed by atoms with van der Waals surface area (Å²) in [7, 11) is 0. The second-order valence-electron chi connectivity index (χ2n) is 5.72. The van der Waals surface area contributed by atoms with Gasteiger partial charge in [-0.2, -0.15) is 5.10 Å². The van der Waals surface area contributed by atoms with E-state index in [0.29, 0.717) is 6.42 Å². The van der Waals surface area contributed by atoms with E-state index in [1.165, 1.54) is 5.69 Å². The van der Waals surface area contributed by atoms with Crippen LogP contribution in [-0.2, 0) is 13.0 Å². The van der Waals surface area contributed by atoms with Crippen molar-refractivity contribution in [3.63, 3.8) is 0 Å². The minimum atomic E-state index is -0.661. The van der Waals surface area contributed by atoms with E-state index in [9.17, 15) is 5.11 Å². The molecule has 3 rings (SSSR count). The van der Waals surface area contributed by atoms with E-state index in [0.717, 1.165) is 38.3 Å². The minimum Gasteiger partial charge on any atom is -0.389 e. The molecule has 21 heavy (non-hydrogen) atoms. The molecule has 0 spiro atoms. The number of hydrogen-bond donors (Lipinski definition) is 1. The summed E-state index contributed by atoms with van der Waals surface area (Å²) in [6, 6.07) is 10.4. The highest BCUT2D eigenvalue weighted by Crippen LogP contribution is 2.28. The van der Waals surface area contributed by atoms with Crippen molar-refractivity contribution in [2.24, 2.45) is 0 Å². The predicted molar refractivity (Wildman–Crippen MR) is 82.2 cm³/mol. The first-order chi connectivity index (χ1) is 10.2. The molecular weight excluding hydrogens is 264 g/mol. The topological polar surface area (TPSA) is 54.2 Å². The molecule has 1 aliphatic heterocycles. The van der Waals surface area contributed by atoms with Gasteiger partial charge in [0.1, 0.15) is 12.2 Å². The average molecular weight is 286 g/mol. The lowest BCUT2D eigenvalue weighted by Crippen LogP contribution is -2.46. The van der Waals surface area contributed by atoms with Crippen molar-refractivity contribution in [3.05, 3.63) is 42.5 Å². The average Bonchev–Trinajstić information content (AvgIpc) is 2.95. The van der Waals surface area contributed by atoms with Crippen molar-refractivity contribution < 1.29 is 5.11 Å². The Morgan fingerprint density at radius 2 is 1.90 bits per heavy atom. The fraction of sp³-hybridized carbons (Fsp3) is 0.500. The Bertz CT molecular complexity index is 573. The number of hydrogen-bond acceptors (Lipinski definition) is 4. The standard InChI is InChI=1S/C16H22N4O/c1-2-20-15(17-13-18-20)12-16(21)8-10-19(11-9-16)14-6-4-3-5-7-14/h3-7,13,21H,2,8-12H2,1H3. The third-order valence-corrected chi connectivity index (χ3v) is 4.30. The van der Waals surface area contributed by atoms with Crippen molar-refractivity contribution >= 4 is 5.69 Å². The van der Waals surface area contributed by atoms with Crippen LogP contribution in [0.3, 0.4) is 0 Å². The van der Waals surface area contributed by atoms with Crippen molar-refractivity contribution in [2.45, 2.75) is 38.3 Å². The van der Waals surface area contributed by atoms with E-state index >= 15 is 0 Å². The highest BCUT2D eigenvalue weighted by Gasteiger charge is 2.33. The third-order valence-electron chi connectivity index (χ3n) is 4.30. The Morgan fingerprint density at radius 3 is 2.57 bits per heavy atom. The molecule has 0 saturated carbocycles. The lowest BCUT2D eigenvalue weighted by Gasteiger charge is -2.39. The van der Waals surface area contributed by atoms with Gasteiger partial charge < -0.3 is 10.0 Å². The first kappa shape index (κ1) is 14.1. The van der Waals surface area contributed by atoms with Gasteiger partial charge in [0.2, 0.25) is 0 Å². The fourth-order valence-electron chi connectivity index (χ4n) is 2.98. The molecule has 1 aliphatic rings. The van der Waals surface area contributed by atoms with E-state index in [-0.39, 0.29) is 0 Å². The molecule has 1 fully saturated rings. The monoisotopic (exact) mass is 286 g/mol. The number of aliphatic hydroxyl groups is 1. The van der Waals surface area contributed by atoms with Crippen molar-refractivity contribution in [1.29, 1.82) is 0 Å². The van der Waals surface area contributed by atoms with Gasteiger partial charge in [0.05, 0.1) is 5.60 Å². The number of rotatable bonds is 4. The summed E-state index contributed by atoms with van der Waals surface area (Å²) in [5.74, 6) is 0.883. The molecule has 1 aromatic carbocycles. The number of aromatic nitrogens is 3. The second-order valence-corrected chi connectivity index (χ2v) is 5.72. The summed E-state index contributed by atoms with van der Waals surface area (Å²) in [6.45, 7) is 4.59. The highest BCUT2D eigenvalue weighted by molar-refractivity contribution is 5.46. The molecule has 0 aliphatic carbocycles. The summed E-state index contributed by atoms with van der Waals surface area (Å²) in [5, 5.41) is 15.0. The summed E-state index contributed by atoms with van der Waals surface area (Å²) in [6.07, 6.45) is 3.68. The van der Waals surface area contributed by atoms with Crippen LogP contribution < -0.4 is 4.90 Å². The highest BCUT2D eigenvalue weighted by atomic mass is 16.3. The maximum absolute atomic E-state index is 10.8. The van der Waals surface area contributed by atoms with Crippen LogP contribution in [0.1, 0.15) is 25.6 Å². The molecule has 2 aromatic rings. The molecule has 0 bridgehead atoms. The number of piperidine rings is 1. The molecule has 5 heteroatoms. The summed E-state index contributed by atoms with van der Waals surface area (Å²) in [4.78, 5) is 6.61. The van der Waals surface area contributed by atoms with Gasteiger partial charge in [0, 0.05) is 31.7 Å². The zero-order valence-electron chi connectivity index (χ0n) is 12.4. The summed E-state index contributed by atoms with van der Waals surface area (Å²) < 4.78 is 1.86. The first-order valence-electron chi connectivity index (χ1n) is 7.59. The van der Waals surface area contributed by atoms with Crippen molar-refractivity contribution in [2.75, 3.05) is 18.0 Å². The molecule has 0 unspecified atom stereocenters. The molecule has 2 heterocycles. The normalized spacial score (nSPS) is 17.9. The third kappa shape index (κ3) is 3.08. The van der Waals surface area contributed by atoms with Crippen LogP contribution >= 0.6 is 0 Å². The van der Waals surface area contributed by atoms with Crippen LogP contribution in [0.4, 0.5) is 5.69 Å². The molecule has 0 radical (unpaired) electrons. The smallest absolute Gasteiger partial charge is 0.138 e. The van der Waals surface area contributed by atoms with E-state index in [4.69, 9.17) is 0 Å². The number of anilines is 1. The molecule has 0 atom stereocenters.